The maximum atomic E-state index is 14.0. The number of amides is 1. The molecule has 0 spiro atoms. The molecule has 0 radical (unpaired) electrons. The van der Waals surface area contributed by atoms with Gasteiger partial charge in [-0.15, -0.1) is 0 Å². The number of rotatable bonds is 6. The number of halogens is 3. The third-order valence-electron chi connectivity index (χ3n) is 5.06. The van der Waals surface area contributed by atoms with Gasteiger partial charge in [-0.3, -0.25) is 4.79 Å². The number of carbonyl (C=O) groups excluding carboxylic acids is 1. The second-order valence-electron chi connectivity index (χ2n) is 6.99. The number of benzene rings is 3. The Labute approximate surface area is 168 Å². The van der Waals surface area contributed by atoms with Gasteiger partial charge in [0.2, 0.25) is 5.91 Å². The Hall–Kier alpha value is -3.08. The maximum absolute atomic E-state index is 14.0. The lowest BCUT2D eigenvalue weighted by Crippen LogP contribution is -2.27. The molecule has 0 unspecified atom stereocenters. The van der Waals surface area contributed by atoms with Crippen LogP contribution in [0.5, 0.6) is 0 Å². The molecule has 3 rings (SSSR count). The third kappa shape index (κ3) is 4.67. The van der Waals surface area contributed by atoms with E-state index < -0.39 is 23.5 Å². The predicted molar refractivity (Wildman–Crippen MR) is 108 cm³/mol. The average Bonchev–Trinajstić information content (AvgIpc) is 2.68. The summed E-state index contributed by atoms with van der Waals surface area (Å²) in [6.07, 6.45) is 0.424. The summed E-state index contributed by atoms with van der Waals surface area (Å²) in [7, 11) is 0. The number of carbonyl (C=O) groups is 1. The van der Waals surface area contributed by atoms with Crippen molar-refractivity contribution in [2.45, 2.75) is 26.2 Å². The standard InChI is InChI=1S/C24H22F3NO/c1-3-20-21(27)11-6-12-22(20)28-24(29)15(2)23(16-7-4-9-18(25)13-16)17-8-5-10-19(26)14-17/h4-15,23H,3H2,1-2H3,(H,28,29)/t15-/m0/s1. The summed E-state index contributed by atoms with van der Waals surface area (Å²) >= 11 is 0. The van der Waals surface area contributed by atoms with E-state index in [4.69, 9.17) is 0 Å². The van der Waals surface area contributed by atoms with Crippen LogP contribution in [0, 0.1) is 23.4 Å². The molecule has 3 aromatic rings. The van der Waals surface area contributed by atoms with E-state index in [0.29, 0.717) is 28.8 Å². The Balaban J connectivity index is 1.97. The first-order valence-corrected chi connectivity index (χ1v) is 9.50. The van der Waals surface area contributed by atoms with Crippen LogP contribution in [0.3, 0.4) is 0 Å². The minimum Gasteiger partial charge on any atom is -0.325 e. The Bertz CT molecular complexity index is 973. The average molecular weight is 397 g/mol. The van der Waals surface area contributed by atoms with Crippen molar-refractivity contribution in [3.63, 3.8) is 0 Å². The highest BCUT2D eigenvalue weighted by Gasteiger charge is 2.28. The highest BCUT2D eigenvalue weighted by atomic mass is 19.1. The Kier molecular flexibility index (Phi) is 6.37. The molecule has 3 aromatic carbocycles. The van der Waals surface area contributed by atoms with Crippen molar-refractivity contribution in [3.8, 4) is 0 Å². The van der Waals surface area contributed by atoms with Crippen molar-refractivity contribution in [3.05, 3.63) is 101 Å². The lowest BCUT2D eigenvalue weighted by Gasteiger charge is -2.25. The molecule has 0 bridgehead atoms. The molecule has 0 aliphatic rings. The summed E-state index contributed by atoms with van der Waals surface area (Å²) in [4.78, 5) is 13.0. The largest absolute Gasteiger partial charge is 0.325 e. The molecule has 150 valence electrons. The van der Waals surface area contributed by atoms with Gasteiger partial charge in [-0.25, -0.2) is 13.2 Å². The zero-order valence-corrected chi connectivity index (χ0v) is 16.3. The molecule has 1 amide bonds. The summed E-state index contributed by atoms with van der Waals surface area (Å²) in [5.41, 5.74) is 1.95. The van der Waals surface area contributed by atoms with Gasteiger partial charge in [-0.2, -0.15) is 0 Å². The predicted octanol–water partition coefficient (Wildman–Crippen LogP) is 6.07. The zero-order valence-electron chi connectivity index (χ0n) is 16.3. The molecular formula is C24H22F3NO. The van der Waals surface area contributed by atoms with Crippen LogP contribution in [0.4, 0.5) is 18.9 Å². The summed E-state index contributed by atoms with van der Waals surface area (Å²) < 4.78 is 41.8. The van der Waals surface area contributed by atoms with Gasteiger partial charge >= 0.3 is 0 Å². The van der Waals surface area contributed by atoms with E-state index in [1.807, 2.05) is 0 Å². The summed E-state index contributed by atoms with van der Waals surface area (Å²) in [6, 6.07) is 16.4. The fraction of sp³-hybridized carbons (Fsp3) is 0.208. The first-order valence-electron chi connectivity index (χ1n) is 9.50. The van der Waals surface area contributed by atoms with Gasteiger partial charge in [0, 0.05) is 23.1 Å². The van der Waals surface area contributed by atoms with Crippen LogP contribution >= 0.6 is 0 Å². The molecular weight excluding hydrogens is 375 g/mol. The zero-order chi connectivity index (χ0) is 21.0. The monoisotopic (exact) mass is 397 g/mol. The molecule has 0 aliphatic carbocycles. The number of nitrogens with one attached hydrogen (secondary N) is 1. The van der Waals surface area contributed by atoms with E-state index in [1.165, 1.54) is 36.4 Å². The molecule has 1 atom stereocenters. The van der Waals surface area contributed by atoms with Crippen LogP contribution in [0.15, 0.2) is 66.7 Å². The maximum Gasteiger partial charge on any atom is 0.228 e. The lowest BCUT2D eigenvalue weighted by atomic mass is 9.81. The number of hydrogen-bond donors (Lipinski definition) is 1. The Morgan fingerprint density at radius 2 is 1.45 bits per heavy atom. The van der Waals surface area contributed by atoms with E-state index in [9.17, 15) is 18.0 Å². The molecule has 0 aliphatic heterocycles. The second-order valence-corrected chi connectivity index (χ2v) is 6.99. The van der Waals surface area contributed by atoms with Crippen LogP contribution < -0.4 is 5.32 Å². The molecule has 2 nitrogen and oxygen atoms in total. The number of hydrogen-bond acceptors (Lipinski definition) is 1. The molecule has 29 heavy (non-hydrogen) atoms. The van der Waals surface area contributed by atoms with E-state index in [1.54, 1.807) is 44.2 Å². The van der Waals surface area contributed by atoms with Gasteiger partial charge in [0.1, 0.15) is 17.5 Å². The van der Waals surface area contributed by atoms with Crippen molar-refractivity contribution < 1.29 is 18.0 Å². The Morgan fingerprint density at radius 3 is 1.97 bits per heavy atom. The van der Waals surface area contributed by atoms with Gasteiger partial charge in [-0.05, 0) is 53.9 Å². The lowest BCUT2D eigenvalue weighted by molar-refractivity contribution is -0.119. The summed E-state index contributed by atoms with van der Waals surface area (Å²) in [6.45, 7) is 3.50. The second kappa shape index (κ2) is 8.95. The SMILES string of the molecule is CCc1c(F)cccc1NC(=O)[C@@H](C)C(c1cccc(F)c1)c1cccc(F)c1. The quantitative estimate of drug-likeness (QED) is 0.537. The normalized spacial score (nSPS) is 12.1. The van der Waals surface area contributed by atoms with E-state index in [-0.39, 0.29) is 11.7 Å². The highest BCUT2D eigenvalue weighted by Crippen LogP contribution is 2.34. The molecule has 5 heteroatoms. The first-order chi connectivity index (χ1) is 13.9. The fourth-order valence-electron chi connectivity index (χ4n) is 3.60. The topological polar surface area (TPSA) is 29.1 Å². The van der Waals surface area contributed by atoms with Gasteiger partial charge in [-0.1, -0.05) is 44.2 Å². The van der Waals surface area contributed by atoms with Gasteiger partial charge in [0.05, 0.1) is 0 Å². The van der Waals surface area contributed by atoms with Crippen molar-refractivity contribution in [1.29, 1.82) is 0 Å². The molecule has 0 heterocycles. The van der Waals surface area contributed by atoms with Crippen LogP contribution in [0.1, 0.15) is 36.5 Å². The number of anilines is 1. The van der Waals surface area contributed by atoms with Gasteiger partial charge in [0.25, 0.3) is 0 Å². The summed E-state index contributed by atoms with van der Waals surface area (Å²) in [5, 5.41) is 2.78. The molecule has 0 saturated carbocycles. The first kappa shape index (κ1) is 20.6. The van der Waals surface area contributed by atoms with Crippen LogP contribution in [0.2, 0.25) is 0 Å². The van der Waals surface area contributed by atoms with E-state index in [2.05, 4.69) is 5.32 Å². The van der Waals surface area contributed by atoms with Crippen LogP contribution in [-0.4, -0.2) is 5.91 Å². The fourth-order valence-corrected chi connectivity index (χ4v) is 3.60. The van der Waals surface area contributed by atoms with Crippen LogP contribution in [0.25, 0.3) is 0 Å². The molecule has 0 aromatic heterocycles. The van der Waals surface area contributed by atoms with E-state index >= 15 is 0 Å². The van der Waals surface area contributed by atoms with Crippen molar-refractivity contribution >= 4 is 11.6 Å². The van der Waals surface area contributed by atoms with Crippen molar-refractivity contribution in [2.75, 3.05) is 5.32 Å². The molecule has 0 saturated heterocycles. The molecule has 1 N–H and O–H groups in total. The third-order valence-corrected chi connectivity index (χ3v) is 5.06. The van der Waals surface area contributed by atoms with Gasteiger partial charge < -0.3 is 5.32 Å². The molecule has 0 fully saturated rings. The minimum absolute atomic E-state index is 0.358. The minimum atomic E-state index is -0.661. The van der Waals surface area contributed by atoms with Gasteiger partial charge in [0.15, 0.2) is 0 Å². The highest BCUT2D eigenvalue weighted by molar-refractivity contribution is 5.94. The van der Waals surface area contributed by atoms with Crippen molar-refractivity contribution in [2.24, 2.45) is 5.92 Å². The summed E-state index contributed by atoms with van der Waals surface area (Å²) in [5.74, 6) is -2.84. The van der Waals surface area contributed by atoms with E-state index in [0.717, 1.165) is 0 Å². The van der Waals surface area contributed by atoms with Crippen LogP contribution in [-0.2, 0) is 11.2 Å². The van der Waals surface area contributed by atoms with Crippen molar-refractivity contribution in [1.82, 2.24) is 0 Å². The Morgan fingerprint density at radius 1 is 0.897 bits per heavy atom. The smallest absolute Gasteiger partial charge is 0.228 e.